The highest BCUT2D eigenvalue weighted by Crippen LogP contribution is 2.42. The number of hydrogen-bond acceptors (Lipinski definition) is 8. The molecule has 0 radical (unpaired) electrons. The van der Waals surface area contributed by atoms with Gasteiger partial charge in [-0.15, -0.1) is 0 Å². The normalized spacial score (nSPS) is 12.7. The van der Waals surface area contributed by atoms with Crippen LogP contribution in [-0.4, -0.2) is 36.5 Å². The van der Waals surface area contributed by atoms with Gasteiger partial charge >= 0.3 is 21.6 Å². The summed E-state index contributed by atoms with van der Waals surface area (Å²) >= 11 is 6.46. The number of halogens is 4. The Bertz CT molecular complexity index is 1570. The van der Waals surface area contributed by atoms with Crippen LogP contribution in [0.25, 0.3) is 10.9 Å². The summed E-state index contributed by atoms with van der Waals surface area (Å²) in [6, 6.07) is 14.2. The van der Waals surface area contributed by atoms with Gasteiger partial charge in [-0.1, -0.05) is 29.8 Å². The minimum absolute atomic E-state index is 0.0661. The van der Waals surface area contributed by atoms with Gasteiger partial charge in [0.2, 0.25) is 0 Å². The van der Waals surface area contributed by atoms with Gasteiger partial charge < -0.3 is 14.2 Å². The lowest BCUT2D eigenvalue weighted by Crippen LogP contribution is -2.29. The maximum Gasteiger partial charge on any atom is 0.534 e. The van der Waals surface area contributed by atoms with Gasteiger partial charge in [0.25, 0.3) is 0 Å². The van der Waals surface area contributed by atoms with Crippen molar-refractivity contribution in [3.8, 4) is 5.75 Å². The molecule has 0 spiro atoms. The molecule has 1 N–H and O–H groups in total. The van der Waals surface area contributed by atoms with Crippen LogP contribution < -0.4 is 9.50 Å². The molecule has 1 atom stereocenters. The Morgan fingerprint density at radius 1 is 1.05 bits per heavy atom. The van der Waals surface area contributed by atoms with Crippen LogP contribution in [0.2, 0.25) is 5.02 Å². The largest absolute Gasteiger partial charge is 0.534 e. The third kappa shape index (κ3) is 5.65. The number of carbonyl (C=O) groups excluding carboxylic acids is 1. The average Bonchev–Trinajstić information content (AvgIpc) is 2.89. The molecule has 38 heavy (non-hydrogen) atoms. The van der Waals surface area contributed by atoms with Crippen LogP contribution in [0, 0.1) is 0 Å². The summed E-state index contributed by atoms with van der Waals surface area (Å²) in [6.07, 6.45) is 2.76. The van der Waals surface area contributed by atoms with Gasteiger partial charge in [-0.25, -0.2) is 9.78 Å². The van der Waals surface area contributed by atoms with Crippen molar-refractivity contribution in [2.24, 2.45) is 0 Å². The Morgan fingerprint density at radius 2 is 1.76 bits per heavy atom. The molecule has 198 valence electrons. The Hall–Kier alpha value is -3.90. The quantitative estimate of drug-likeness (QED) is 0.160. The number of carbonyl (C=O) groups is 1. The minimum atomic E-state index is -6.08. The number of fused-ring (bicyclic) bond motifs is 1. The molecule has 0 fully saturated rings. The fraction of sp³-hybridized carbons (Fsp3) is 0.160. The van der Waals surface area contributed by atoms with Crippen molar-refractivity contribution in [2.45, 2.75) is 18.5 Å². The molecule has 2 heterocycles. The molecule has 4 aromatic rings. The molecule has 0 saturated heterocycles. The molecule has 2 aromatic carbocycles. The number of anilines is 1. The number of aromatic nitrogens is 2. The number of alkyl halides is 3. The van der Waals surface area contributed by atoms with Crippen LogP contribution >= 0.6 is 11.6 Å². The Kier molecular flexibility index (Phi) is 7.74. The van der Waals surface area contributed by atoms with Gasteiger partial charge in [0.15, 0.2) is 5.75 Å². The summed E-state index contributed by atoms with van der Waals surface area (Å²) < 4.78 is 74.0. The van der Waals surface area contributed by atoms with Crippen LogP contribution in [0.15, 0.2) is 73.1 Å². The topological polar surface area (TPSA) is 107 Å². The summed E-state index contributed by atoms with van der Waals surface area (Å²) in [4.78, 5) is 20.4. The van der Waals surface area contributed by atoms with E-state index in [0.717, 1.165) is 0 Å². The number of hydrogen-bond donors (Lipinski definition) is 1. The van der Waals surface area contributed by atoms with Gasteiger partial charge in [0.05, 0.1) is 23.2 Å². The molecule has 1 unspecified atom stereocenters. The molecule has 0 aliphatic heterocycles. The predicted molar refractivity (Wildman–Crippen MR) is 134 cm³/mol. The highest BCUT2D eigenvalue weighted by atomic mass is 35.5. The maximum absolute atomic E-state index is 13.4. The van der Waals surface area contributed by atoms with Crippen molar-refractivity contribution in [1.29, 1.82) is 0 Å². The summed E-state index contributed by atoms with van der Waals surface area (Å²) in [5.41, 5.74) is -5.30. The van der Waals surface area contributed by atoms with Crippen molar-refractivity contribution in [1.82, 2.24) is 9.97 Å². The molecule has 4 rings (SSSR count). The molecular weight excluding hydrogens is 547 g/mol. The van der Waals surface area contributed by atoms with Crippen LogP contribution in [0.4, 0.5) is 19.0 Å². The molecule has 0 saturated carbocycles. The lowest BCUT2D eigenvalue weighted by Gasteiger charge is -2.24. The second kappa shape index (κ2) is 10.8. The van der Waals surface area contributed by atoms with E-state index in [0.29, 0.717) is 11.4 Å². The SMILES string of the molecule is CCOC(=O)c1ccc(C(Nc2ccccn2)c2cc(Cl)c3cccnc3c2OS(=O)(=O)C(F)(F)F)cc1. The number of ether oxygens (including phenoxy) is 1. The Balaban J connectivity index is 1.94. The van der Waals surface area contributed by atoms with Crippen LogP contribution in [0.5, 0.6) is 5.75 Å². The van der Waals surface area contributed by atoms with Crippen molar-refractivity contribution < 1.29 is 35.3 Å². The Labute approximate surface area is 220 Å². The third-order valence-corrected chi connectivity index (χ3v) is 6.59. The molecule has 0 aliphatic carbocycles. The van der Waals surface area contributed by atoms with E-state index >= 15 is 0 Å². The van der Waals surface area contributed by atoms with Gasteiger partial charge in [-0.3, -0.25) is 4.98 Å². The zero-order valence-corrected chi connectivity index (χ0v) is 21.1. The van der Waals surface area contributed by atoms with E-state index in [1.54, 1.807) is 25.1 Å². The molecule has 0 amide bonds. The first-order valence-corrected chi connectivity index (χ1v) is 12.8. The molecular formula is C25H19ClF3N3O5S. The second-order valence-corrected chi connectivity index (χ2v) is 9.74. The van der Waals surface area contributed by atoms with E-state index in [1.165, 1.54) is 54.9 Å². The van der Waals surface area contributed by atoms with Crippen LogP contribution in [0.1, 0.15) is 34.5 Å². The fourth-order valence-corrected chi connectivity index (χ4v) is 4.38. The average molecular weight is 566 g/mol. The van der Waals surface area contributed by atoms with Crippen LogP contribution in [-0.2, 0) is 14.9 Å². The van der Waals surface area contributed by atoms with Crippen molar-refractivity contribution in [2.75, 3.05) is 11.9 Å². The highest BCUT2D eigenvalue weighted by molar-refractivity contribution is 7.88. The zero-order valence-electron chi connectivity index (χ0n) is 19.6. The minimum Gasteiger partial charge on any atom is -0.462 e. The zero-order chi connectivity index (χ0) is 27.5. The molecule has 2 aromatic heterocycles. The molecule has 13 heteroatoms. The smallest absolute Gasteiger partial charge is 0.462 e. The van der Waals surface area contributed by atoms with E-state index in [9.17, 15) is 26.4 Å². The number of nitrogens with one attached hydrogen (secondary N) is 1. The predicted octanol–water partition coefficient (Wildman–Crippen LogP) is 5.89. The van der Waals surface area contributed by atoms with E-state index in [2.05, 4.69) is 15.3 Å². The Morgan fingerprint density at radius 3 is 2.39 bits per heavy atom. The molecule has 8 nitrogen and oxygen atoms in total. The first-order valence-electron chi connectivity index (χ1n) is 11.0. The van der Waals surface area contributed by atoms with Crippen molar-refractivity contribution in [3.05, 3.63) is 94.8 Å². The summed E-state index contributed by atoms with van der Waals surface area (Å²) in [6.45, 7) is 1.83. The highest BCUT2D eigenvalue weighted by Gasteiger charge is 2.49. The lowest BCUT2D eigenvalue weighted by atomic mass is 9.95. The van der Waals surface area contributed by atoms with Crippen LogP contribution in [0.3, 0.4) is 0 Å². The fourth-order valence-electron chi connectivity index (χ4n) is 3.62. The summed E-state index contributed by atoms with van der Waals surface area (Å²) in [7, 11) is -6.08. The number of nitrogens with zero attached hydrogens (tertiary/aromatic N) is 2. The maximum atomic E-state index is 13.4. The lowest BCUT2D eigenvalue weighted by molar-refractivity contribution is -0.0499. The number of rotatable bonds is 8. The van der Waals surface area contributed by atoms with Gasteiger partial charge in [-0.05, 0) is 55.0 Å². The summed E-state index contributed by atoms with van der Waals surface area (Å²) in [5, 5.41) is 3.35. The van der Waals surface area contributed by atoms with Gasteiger partial charge in [-0.2, -0.15) is 21.6 Å². The van der Waals surface area contributed by atoms with Crippen molar-refractivity contribution in [3.63, 3.8) is 0 Å². The van der Waals surface area contributed by atoms with Gasteiger partial charge in [0, 0.05) is 23.3 Å². The number of benzene rings is 2. The number of esters is 1. The first kappa shape index (κ1) is 27.1. The van der Waals surface area contributed by atoms with E-state index in [1.807, 2.05) is 0 Å². The number of pyridine rings is 2. The first-order chi connectivity index (χ1) is 18.0. The van der Waals surface area contributed by atoms with Gasteiger partial charge in [0.1, 0.15) is 11.3 Å². The van der Waals surface area contributed by atoms with E-state index in [-0.39, 0.29) is 33.7 Å². The standard InChI is InChI=1S/C25H19ClF3N3O5S/c1-2-36-24(33)16-10-8-15(9-11-16)21(32-20-7-3-4-12-30-20)18-14-19(26)17-6-5-13-31-22(17)23(18)37-38(34,35)25(27,28)29/h3-14,21H,2H2,1H3,(H,30,32). The summed E-state index contributed by atoms with van der Waals surface area (Å²) in [5.74, 6) is -0.911. The van der Waals surface area contributed by atoms with E-state index in [4.69, 9.17) is 20.5 Å². The molecule has 0 bridgehead atoms. The monoisotopic (exact) mass is 565 g/mol. The van der Waals surface area contributed by atoms with Crippen molar-refractivity contribution >= 4 is 44.4 Å². The third-order valence-electron chi connectivity index (χ3n) is 5.32. The second-order valence-electron chi connectivity index (χ2n) is 7.79. The molecule has 0 aliphatic rings. The van der Waals surface area contributed by atoms with E-state index < -0.39 is 33.4 Å².